The monoisotopic (exact) mass is 1790 g/mol. The summed E-state index contributed by atoms with van der Waals surface area (Å²) in [5.74, 6) is 6.72. The van der Waals surface area contributed by atoms with Crippen LogP contribution in [0.25, 0.3) is 21.8 Å². The summed E-state index contributed by atoms with van der Waals surface area (Å²) in [6, 6.07) is 48.2. The van der Waals surface area contributed by atoms with Crippen LogP contribution in [0, 0.1) is 77.1 Å². The van der Waals surface area contributed by atoms with Crippen molar-refractivity contribution in [3.05, 3.63) is 225 Å². The zero-order valence-corrected chi connectivity index (χ0v) is 77.8. The summed E-state index contributed by atoms with van der Waals surface area (Å²) in [7, 11) is -5.83. The number of nitrogens with zero attached hydrogens (tertiary/aromatic N) is 11. The van der Waals surface area contributed by atoms with Gasteiger partial charge in [0.2, 0.25) is 0 Å². The van der Waals surface area contributed by atoms with Crippen LogP contribution < -0.4 is 65.7 Å². The quantitative estimate of drug-likeness (QED) is 0.0345. The molecule has 0 fully saturated rings. The van der Waals surface area contributed by atoms with E-state index >= 15 is 0 Å². The van der Waals surface area contributed by atoms with Gasteiger partial charge in [0.25, 0.3) is 0 Å². The molecule has 10 aromatic rings. The van der Waals surface area contributed by atoms with E-state index < -0.39 is 20.5 Å². The van der Waals surface area contributed by atoms with Crippen molar-refractivity contribution in [1.82, 2.24) is 29.1 Å². The van der Waals surface area contributed by atoms with Gasteiger partial charge in [0.1, 0.15) is 70.4 Å². The number of ether oxygens (including phenoxy) is 7. The standard InChI is InChI=1S/C80H94N6O6.C4H10O.5C2H3N.2ClHO4.Cu.H2O/c1-77(2,3)63-43-55-39-59-47-65(79(7,8)9)49-61(75(59)91-51-69-81-31-33-85(69)13)41-57-45-64(78(4,5)6)46-58(74(57)90-38-18-16-36-88-68-28-20-24-54-26-22-30-84-72(54)68)42-62-50-66(80(10,11)12)48-60(76(62)92-52-70-82-32-34-86(70)14)40-56(44-63)73(55)89-37-17-15-35-87-67-27-19-23-53-25-21-29-83-71(53)67;1-3-5-4-2;5*1-2-3;2*2-1(3,4)5;;/h19-34,43-50H,15-18,35-42,51-52H2,1-14H3;3-4H2,1-2H3;5*1H3;2*(H,2,3,4,5);;1H2/q;;;;;;;;;+2;/p-1. The molecule has 673 valence electrons. The van der Waals surface area contributed by atoms with E-state index in [9.17, 15) is 0 Å². The SMILES string of the molecule is CC#N.CC#N.CC#N.CC#N.CC#N.CCOCC.Cn1ccnc1COc1c2cc(C(C)(C)C)cc1Cc1cc(C(C)(C)C)cc(c1OCCCCOc1cccc3cccnc13)Cc1cc(C(C)(C)C)cc(c1OCc1nccn1C)Cc1cc(C(C)(C)C)cc(c1OCCCCOc1cccc3cccnc13)C2.[Cu+2].[O-][Cl+3]([O-])([O-])[O-].[O-][Cl+3]([O-])([O-])[O-].[OH3+]. The number of fused-ring (bicyclic) bond motifs is 10. The van der Waals surface area contributed by atoms with E-state index in [0.29, 0.717) is 52.1 Å². The zero-order valence-electron chi connectivity index (χ0n) is 75.3. The normalized spacial score (nSPS) is 11.2. The summed E-state index contributed by atoms with van der Waals surface area (Å²) >= 11 is 0. The van der Waals surface area contributed by atoms with E-state index in [1.807, 2.05) is 111 Å². The van der Waals surface area contributed by atoms with Crippen LogP contribution in [0.15, 0.2) is 146 Å². The number of nitriles is 5. The average Bonchev–Trinajstić information content (AvgIpc) is 0.787. The van der Waals surface area contributed by atoms with Crippen LogP contribution in [-0.2, 0) is 102 Å². The van der Waals surface area contributed by atoms with Crippen LogP contribution in [0.2, 0.25) is 0 Å². The van der Waals surface area contributed by atoms with Gasteiger partial charge in [-0.2, -0.15) is 26.3 Å². The van der Waals surface area contributed by atoms with Crippen molar-refractivity contribution in [1.29, 1.82) is 26.3 Å². The number of hydrogen-bond acceptors (Lipinski definition) is 24. The second-order valence-electron chi connectivity index (χ2n) is 31.8. The van der Waals surface area contributed by atoms with E-state index in [1.165, 1.54) is 56.9 Å². The molecule has 1 radical (unpaired) electrons. The first-order valence-electron chi connectivity index (χ1n) is 39.8. The van der Waals surface area contributed by atoms with Crippen molar-refractivity contribution in [2.24, 2.45) is 14.1 Å². The van der Waals surface area contributed by atoms with E-state index in [0.717, 1.165) is 151 Å². The Morgan fingerprint density at radius 3 is 0.798 bits per heavy atom. The first-order valence-corrected chi connectivity index (χ1v) is 42.3. The maximum absolute atomic E-state index is 8.49. The Morgan fingerprint density at radius 1 is 0.363 bits per heavy atom. The van der Waals surface area contributed by atoms with Gasteiger partial charge in [-0.05, 0) is 152 Å². The second kappa shape index (κ2) is 55.0. The molecule has 30 heteroatoms. The minimum absolute atomic E-state index is 0. The molecule has 0 amide bonds. The van der Waals surface area contributed by atoms with E-state index in [1.54, 1.807) is 30.3 Å². The maximum atomic E-state index is 8.49. The number of pyridine rings is 2. The third-order valence-corrected chi connectivity index (χ3v) is 18.2. The van der Waals surface area contributed by atoms with Crippen molar-refractivity contribution in [3.8, 4) is 64.8 Å². The number of hydrogen-bond donors (Lipinski definition) is 0. The van der Waals surface area contributed by atoms with Crippen LogP contribution in [-0.4, -0.2) is 68.7 Å². The topological polar surface area (TPSA) is 462 Å². The fourth-order valence-corrected chi connectivity index (χ4v) is 12.4. The molecule has 27 nitrogen and oxygen atoms in total. The van der Waals surface area contributed by atoms with Gasteiger partial charge in [-0.15, -0.1) is 20.5 Å². The van der Waals surface area contributed by atoms with Crippen LogP contribution in [0.5, 0.6) is 34.5 Å². The largest absolute Gasteiger partial charge is 2.00 e. The summed E-state index contributed by atoms with van der Waals surface area (Å²) in [6.45, 7) is 43.1. The van der Waals surface area contributed by atoms with Crippen LogP contribution >= 0.6 is 0 Å². The number of para-hydroxylation sites is 2. The molecule has 1 aliphatic carbocycles. The first-order chi connectivity index (χ1) is 57.4. The predicted molar refractivity (Wildman–Crippen MR) is 454 cm³/mol. The Bertz CT molecular complexity index is 4630. The number of aryl methyl sites for hydroxylation is 2. The Kier molecular flexibility index (Phi) is 49.4. The fraction of sp³-hybridized carbons (Fsp3) is 0.436. The zero-order chi connectivity index (χ0) is 91.6. The second-order valence-corrected chi connectivity index (χ2v) is 33.3. The smallest absolute Gasteiger partial charge is 0.493 e. The number of imidazole rings is 2. The minimum Gasteiger partial charge on any atom is -0.493 e. The number of halogens is 2. The van der Waals surface area contributed by atoms with Gasteiger partial charge in [0, 0.05) is 136 Å². The van der Waals surface area contributed by atoms with Gasteiger partial charge in [0.05, 0.1) is 56.8 Å². The van der Waals surface area contributed by atoms with Gasteiger partial charge >= 0.3 is 17.1 Å². The van der Waals surface area contributed by atoms with Crippen molar-refractivity contribution in [2.45, 2.75) is 218 Å². The molecule has 0 saturated heterocycles. The summed E-state index contributed by atoms with van der Waals surface area (Å²) in [6.07, 6.45) is 16.6. The fourth-order valence-electron chi connectivity index (χ4n) is 12.4. The van der Waals surface area contributed by atoms with Gasteiger partial charge < -0.3 is 47.8 Å². The number of benzene rings is 6. The van der Waals surface area contributed by atoms with E-state index in [-0.39, 0.29) is 57.4 Å². The average molecular weight is 1800 g/mol. The maximum Gasteiger partial charge on any atom is 2.00 e. The molecule has 0 aliphatic heterocycles. The molecule has 0 spiro atoms. The van der Waals surface area contributed by atoms with Gasteiger partial charge in [-0.25, -0.2) is 47.2 Å². The van der Waals surface area contributed by atoms with Crippen LogP contribution in [0.1, 0.15) is 236 Å². The van der Waals surface area contributed by atoms with Crippen molar-refractivity contribution >= 4 is 21.8 Å². The Hall–Kier alpha value is -10.5. The van der Waals surface area contributed by atoms with Crippen molar-refractivity contribution in [3.63, 3.8) is 0 Å². The van der Waals surface area contributed by atoms with Crippen LogP contribution in [0.4, 0.5) is 0 Å². The molecule has 1 aliphatic rings. The van der Waals surface area contributed by atoms with Crippen molar-refractivity contribution < 1.29 is 113 Å². The summed E-state index contributed by atoms with van der Waals surface area (Å²) in [4.78, 5) is 18.9. The molecule has 0 unspecified atom stereocenters. The first kappa shape index (κ1) is 112. The molecule has 8 bridgehead atoms. The van der Waals surface area contributed by atoms with Crippen molar-refractivity contribution in [2.75, 3.05) is 39.6 Å². The summed E-state index contributed by atoms with van der Waals surface area (Å²) in [5.41, 5.74) is 14.5. The molecule has 6 aromatic carbocycles. The molecule has 4 heterocycles. The summed E-state index contributed by atoms with van der Waals surface area (Å²) < 4.78 is 119. The predicted octanol–water partition coefficient (Wildman–Crippen LogP) is 11.0. The minimum atomic E-state index is -4.94. The van der Waals surface area contributed by atoms with Crippen LogP contribution in [0.3, 0.4) is 0 Å². The number of unbranched alkanes of at least 4 members (excludes halogenated alkanes) is 2. The molecule has 3 N–H and O–H groups in total. The Morgan fingerprint density at radius 2 is 0.589 bits per heavy atom. The van der Waals surface area contributed by atoms with Gasteiger partial charge in [-0.3, -0.25) is 9.97 Å². The molecular formula is C94H122Cl2CuN11O16+. The van der Waals surface area contributed by atoms with Gasteiger partial charge in [-0.1, -0.05) is 168 Å². The van der Waals surface area contributed by atoms with E-state index in [2.05, 4.69) is 166 Å². The molecular weight excluding hydrogens is 1670 g/mol. The number of aromatic nitrogens is 6. The summed E-state index contributed by atoms with van der Waals surface area (Å²) in [5, 5.41) is 38.7. The third-order valence-electron chi connectivity index (χ3n) is 18.2. The van der Waals surface area contributed by atoms with Gasteiger partial charge in [0.15, 0.2) is 0 Å². The molecule has 0 saturated carbocycles. The Labute approximate surface area is 747 Å². The molecule has 124 heavy (non-hydrogen) atoms. The third kappa shape index (κ3) is 39.6. The molecule has 0 atom stereocenters. The molecule has 11 rings (SSSR count). The number of rotatable bonds is 22. The molecule has 4 aromatic heterocycles. The van der Waals surface area contributed by atoms with E-state index in [4.69, 9.17) is 107 Å². The Balaban J connectivity index is 0.00000209.